The highest BCUT2D eigenvalue weighted by Crippen LogP contribution is 2.27. The third-order valence-corrected chi connectivity index (χ3v) is 4.52. The highest BCUT2D eigenvalue weighted by Gasteiger charge is 2.21. The van der Waals surface area contributed by atoms with Crippen LogP contribution in [0.15, 0.2) is 36.7 Å². The van der Waals surface area contributed by atoms with Crippen LogP contribution in [0.5, 0.6) is 0 Å². The Morgan fingerprint density at radius 1 is 1.12 bits per heavy atom. The molecule has 2 heterocycles. The van der Waals surface area contributed by atoms with Crippen molar-refractivity contribution >= 4 is 12.2 Å². The van der Waals surface area contributed by atoms with Crippen molar-refractivity contribution in [3.8, 4) is 17.3 Å². The van der Waals surface area contributed by atoms with Gasteiger partial charge in [0.05, 0.1) is 12.5 Å². The summed E-state index contributed by atoms with van der Waals surface area (Å²) in [5.74, 6) is 0.895. The summed E-state index contributed by atoms with van der Waals surface area (Å²) in [5.41, 5.74) is 2.87. The van der Waals surface area contributed by atoms with Crippen molar-refractivity contribution in [2.75, 3.05) is 44.2 Å². The summed E-state index contributed by atoms with van der Waals surface area (Å²) in [6.07, 6.45) is 4.59. The molecule has 2 aromatic rings. The molecule has 134 valence electrons. The second-order valence-electron chi connectivity index (χ2n) is 6.16. The second kappa shape index (κ2) is 8.92. The molecule has 1 N–H and O–H groups in total. The maximum Gasteiger partial charge on any atom is 0.207 e. The Bertz CT molecular complexity index is 762. The third-order valence-electron chi connectivity index (χ3n) is 4.52. The van der Waals surface area contributed by atoms with Gasteiger partial charge in [0.15, 0.2) is 5.82 Å². The summed E-state index contributed by atoms with van der Waals surface area (Å²) in [6, 6.07) is 10.1. The highest BCUT2D eigenvalue weighted by molar-refractivity contribution is 5.72. The second-order valence-corrected chi connectivity index (χ2v) is 6.16. The van der Waals surface area contributed by atoms with E-state index in [0.717, 1.165) is 61.8 Å². The van der Waals surface area contributed by atoms with Gasteiger partial charge >= 0.3 is 0 Å². The third kappa shape index (κ3) is 4.35. The van der Waals surface area contributed by atoms with Gasteiger partial charge in [-0.25, -0.2) is 4.98 Å². The number of hydrogen-bond acceptors (Lipinski definition) is 6. The molecule has 1 aliphatic rings. The zero-order chi connectivity index (χ0) is 18.2. The van der Waals surface area contributed by atoms with E-state index in [1.165, 1.54) is 0 Å². The van der Waals surface area contributed by atoms with E-state index in [1.807, 2.05) is 24.3 Å². The van der Waals surface area contributed by atoms with Crippen LogP contribution in [-0.4, -0.2) is 60.5 Å². The molecule has 0 radical (unpaired) electrons. The molecule has 7 nitrogen and oxygen atoms in total. The van der Waals surface area contributed by atoms with Crippen LogP contribution in [0.1, 0.15) is 5.56 Å². The van der Waals surface area contributed by atoms with Gasteiger partial charge in [-0.2, -0.15) is 5.26 Å². The standard InChI is InChI=1S/C19H22N6O/c20-6-5-16-1-3-17(4-2-16)18-19(23-8-7-22-18)25-13-11-24(12-14-25)10-9-21-15-26/h1-4,7-8,15H,5,9-14H2,(H,21,26). The van der Waals surface area contributed by atoms with Crippen LogP contribution in [0.4, 0.5) is 5.82 Å². The lowest BCUT2D eigenvalue weighted by atomic mass is 10.1. The molecule has 7 heteroatoms. The molecular weight excluding hydrogens is 328 g/mol. The van der Waals surface area contributed by atoms with Crippen molar-refractivity contribution in [2.45, 2.75) is 6.42 Å². The van der Waals surface area contributed by atoms with E-state index in [0.29, 0.717) is 13.0 Å². The molecule has 0 aliphatic carbocycles. The molecule has 1 fully saturated rings. The zero-order valence-corrected chi connectivity index (χ0v) is 14.6. The molecule has 0 unspecified atom stereocenters. The van der Waals surface area contributed by atoms with E-state index in [9.17, 15) is 4.79 Å². The first kappa shape index (κ1) is 17.8. The Kier molecular flexibility index (Phi) is 6.12. The molecular formula is C19H22N6O. The average Bonchev–Trinajstić information content (AvgIpc) is 2.70. The van der Waals surface area contributed by atoms with Gasteiger partial charge in [-0.1, -0.05) is 24.3 Å². The topological polar surface area (TPSA) is 85.2 Å². The Labute approximate surface area is 153 Å². The number of rotatable bonds is 7. The number of carbonyl (C=O) groups excluding carboxylic acids is 1. The van der Waals surface area contributed by atoms with Crippen LogP contribution in [-0.2, 0) is 11.2 Å². The lowest BCUT2D eigenvalue weighted by molar-refractivity contribution is -0.109. The number of aromatic nitrogens is 2. The molecule has 0 saturated carbocycles. The number of piperazine rings is 1. The normalized spacial score (nSPS) is 14.7. The van der Waals surface area contributed by atoms with E-state index in [-0.39, 0.29) is 0 Å². The molecule has 0 bridgehead atoms. The lowest BCUT2D eigenvalue weighted by Crippen LogP contribution is -2.48. The Morgan fingerprint density at radius 3 is 2.54 bits per heavy atom. The first-order chi connectivity index (χ1) is 12.8. The molecule has 1 saturated heterocycles. The smallest absolute Gasteiger partial charge is 0.207 e. The largest absolute Gasteiger partial charge is 0.357 e. The predicted molar refractivity (Wildman–Crippen MR) is 99.5 cm³/mol. The number of nitriles is 1. The number of carbonyl (C=O) groups is 1. The number of hydrogen-bond donors (Lipinski definition) is 1. The van der Waals surface area contributed by atoms with Crippen LogP contribution in [0, 0.1) is 11.3 Å². The first-order valence-corrected chi connectivity index (χ1v) is 8.73. The summed E-state index contributed by atoms with van der Waals surface area (Å²) in [7, 11) is 0. The lowest BCUT2D eigenvalue weighted by Gasteiger charge is -2.35. The fourth-order valence-corrected chi connectivity index (χ4v) is 3.10. The van der Waals surface area contributed by atoms with Crippen LogP contribution in [0.25, 0.3) is 11.3 Å². The molecule has 0 spiro atoms. The minimum atomic E-state index is 0.411. The predicted octanol–water partition coefficient (Wildman–Crippen LogP) is 1.08. The minimum Gasteiger partial charge on any atom is -0.357 e. The molecule has 0 atom stereocenters. The summed E-state index contributed by atoms with van der Waals surface area (Å²) < 4.78 is 0. The fourth-order valence-electron chi connectivity index (χ4n) is 3.10. The highest BCUT2D eigenvalue weighted by atomic mass is 16.1. The van der Waals surface area contributed by atoms with Gasteiger partial charge in [-0.3, -0.25) is 14.7 Å². The number of nitrogens with one attached hydrogen (secondary N) is 1. The quantitative estimate of drug-likeness (QED) is 0.594. The zero-order valence-electron chi connectivity index (χ0n) is 14.6. The summed E-state index contributed by atoms with van der Waals surface area (Å²) >= 11 is 0. The van der Waals surface area contributed by atoms with Gasteiger partial charge in [0.1, 0.15) is 5.69 Å². The van der Waals surface area contributed by atoms with Crippen molar-refractivity contribution in [2.24, 2.45) is 0 Å². The van der Waals surface area contributed by atoms with Gasteiger partial charge in [0, 0.05) is 57.2 Å². The Morgan fingerprint density at radius 2 is 1.85 bits per heavy atom. The monoisotopic (exact) mass is 350 g/mol. The molecule has 26 heavy (non-hydrogen) atoms. The van der Waals surface area contributed by atoms with Gasteiger partial charge in [0.25, 0.3) is 0 Å². The molecule has 3 rings (SSSR count). The summed E-state index contributed by atoms with van der Waals surface area (Å²) in [4.78, 5) is 24.1. The van der Waals surface area contributed by atoms with Crippen molar-refractivity contribution < 1.29 is 4.79 Å². The van der Waals surface area contributed by atoms with Gasteiger partial charge < -0.3 is 10.2 Å². The van der Waals surface area contributed by atoms with Crippen LogP contribution < -0.4 is 10.2 Å². The number of benzene rings is 1. The maximum absolute atomic E-state index is 10.3. The number of nitrogens with zero attached hydrogens (tertiary/aromatic N) is 5. The van der Waals surface area contributed by atoms with Gasteiger partial charge in [-0.15, -0.1) is 0 Å². The molecule has 1 aromatic heterocycles. The van der Waals surface area contributed by atoms with E-state index in [2.05, 4.69) is 31.2 Å². The van der Waals surface area contributed by atoms with Crippen molar-refractivity contribution in [1.82, 2.24) is 20.2 Å². The average molecular weight is 350 g/mol. The Balaban J connectivity index is 1.70. The Hall–Kier alpha value is -2.98. The maximum atomic E-state index is 10.3. The summed E-state index contributed by atoms with van der Waals surface area (Å²) in [6.45, 7) is 5.14. The van der Waals surface area contributed by atoms with Gasteiger partial charge in [-0.05, 0) is 5.56 Å². The summed E-state index contributed by atoms with van der Waals surface area (Å²) in [5, 5.41) is 11.5. The molecule has 1 aliphatic heterocycles. The first-order valence-electron chi connectivity index (χ1n) is 8.73. The van der Waals surface area contributed by atoms with E-state index in [1.54, 1.807) is 12.4 Å². The van der Waals surface area contributed by atoms with E-state index in [4.69, 9.17) is 5.26 Å². The van der Waals surface area contributed by atoms with Crippen molar-refractivity contribution in [1.29, 1.82) is 5.26 Å². The minimum absolute atomic E-state index is 0.411. The van der Waals surface area contributed by atoms with E-state index >= 15 is 0 Å². The van der Waals surface area contributed by atoms with E-state index < -0.39 is 0 Å². The van der Waals surface area contributed by atoms with Crippen molar-refractivity contribution in [3.63, 3.8) is 0 Å². The van der Waals surface area contributed by atoms with Crippen LogP contribution in [0.3, 0.4) is 0 Å². The SMILES string of the molecule is N#CCc1ccc(-c2nccnc2N2CCN(CCNC=O)CC2)cc1. The van der Waals surface area contributed by atoms with Gasteiger partial charge in [0.2, 0.25) is 6.41 Å². The molecule has 1 aromatic carbocycles. The number of amides is 1. The van der Waals surface area contributed by atoms with Crippen molar-refractivity contribution in [3.05, 3.63) is 42.2 Å². The van der Waals surface area contributed by atoms with Crippen LogP contribution in [0.2, 0.25) is 0 Å². The fraction of sp³-hybridized carbons (Fsp3) is 0.368. The molecule has 1 amide bonds. The number of anilines is 1. The van der Waals surface area contributed by atoms with Crippen LogP contribution >= 0.6 is 0 Å².